The van der Waals surface area contributed by atoms with E-state index in [1.165, 1.54) is 0 Å². The van der Waals surface area contributed by atoms with Gasteiger partial charge in [0.2, 0.25) is 0 Å². The van der Waals surface area contributed by atoms with Crippen LogP contribution < -0.4 is 5.32 Å². The number of pyridine rings is 1. The number of nitrogens with zero attached hydrogens (tertiary/aromatic N) is 2. The van der Waals surface area contributed by atoms with Gasteiger partial charge in [0.05, 0.1) is 10.7 Å². The number of carbonyl (C=O) groups is 1. The molecule has 0 saturated heterocycles. The van der Waals surface area contributed by atoms with Crippen LogP contribution in [0, 0.1) is 0 Å². The summed E-state index contributed by atoms with van der Waals surface area (Å²) in [5.74, 6) is -0.157. The van der Waals surface area contributed by atoms with Crippen LogP contribution in [0.5, 0.6) is 0 Å². The van der Waals surface area contributed by atoms with Gasteiger partial charge in [0.25, 0.3) is 5.91 Å². The lowest BCUT2D eigenvalue weighted by Crippen LogP contribution is -2.13. The maximum atomic E-state index is 12.5. The highest BCUT2D eigenvalue weighted by molar-refractivity contribution is 6.33. The van der Waals surface area contributed by atoms with Crippen LogP contribution in [-0.4, -0.2) is 29.9 Å². The average Bonchev–Trinajstić information content (AvgIpc) is 2.64. The van der Waals surface area contributed by atoms with Crippen molar-refractivity contribution in [2.24, 2.45) is 0 Å². The predicted octanol–water partition coefficient (Wildman–Crippen LogP) is 4.72. The first-order chi connectivity index (χ1) is 12.5. The first-order valence-corrected chi connectivity index (χ1v) is 8.67. The van der Waals surface area contributed by atoms with Crippen LogP contribution in [0.3, 0.4) is 0 Å². The molecule has 3 rings (SSSR count). The lowest BCUT2D eigenvalue weighted by molar-refractivity contribution is 0.102. The van der Waals surface area contributed by atoms with Gasteiger partial charge in [-0.05, 0) is 62.1 Å². The molecule has 26 heavy (non-hydrogen) atoms. The fourth-order valence-electron chi connectivity index (χ4n) is 2.65. The summed E-state index contributed by atoms with van der Waals surface area (Å²) in [6.07, 6.45) is 1.71. The summed E-state index contributed by atoms with van der Waals surface area (Å²) in [4.78, 5) is 18.9. The minimum absolute atomic E-state index is 0.157. The Morgan fingerprint density at radius 3 is 2.50 bits per heavy atom. The lowest BCUT2D eigenvalue weighted by Gasteiger charge is -2.11. The Labute approximate surface area is 158 Å². The number of benzene rings is 2. The van der Waals surface area contributed by atoms with Gasteiger partial charge in [-0.2, -0.15) is 0 Å². The molecule has 0 saturated carbocycles. The van der Waals surface area contributed by atoms with Crippen molar-refractivity contribution in [1.29, 1.82) is 0 Å². The molecule has 0 spiro atoms. The van der Waals surface area contributed by atoms with Gasteiger partial charge in [-0.25, -0.2) is 0 Å². The van der Waals surface area contributed by atoms with Crippen LogP contribution in [0.15, 0.2) is 66.9 Å². The van der Waals surface area contributed by atoms with Gasteiger partial charge in [0, 0.05) is 29.6 Å². The maximum Gasteiger partial charge on any atom is 0.255 e. The van der Waals surface area contributed by atoms with Crippen LogP contribution in [0.4, 0.5) is 5.69 Å². The summed E-state index contributed by atoms with van der Waals surface area (Å²) in [7, 11) is 4.03. The average molecular weight is 366 g/mol. The zero-order valence-corrected chi connectivity index (χ0v) is 15.5. The van der Waals surface area contributed by atoms with E-state index in [9.17, 15) is 4.79 Å². The summed E-state index contributed by atoms with van der Waals surface area (Å²) < 4.78 is 0. The smallest absolute Gasteiger partial charge is 0.255 e. The van der Waals surface area contributed by atoms with E-state index in [-0.39, 0.29) is 5.91 Å². The summed E-state index contributed by atoms with van der Waals surface area (Å²) >= 11 is 6.29. The van der Waals surface area contributed by atoms with E-state index < -0.39 is 0 Å². The Bertz CT molecular complexity index is 893. The van der Waals surface area contributed by atoms with E-state index in [4.69, 9.17) is 11.6 Å². The largest absolute Gasteiger partial charge is 0.322 e. The third-order valence-corrected chi connectivity index (χ3v) is 4.21. The van der Waals surface area contributed by atoms with Gasteiger partial charge in [-0.15, -0.1) is 0 Å². The number of anilines is 1. The number of amides is 1. The van der Waals surface area contributed by atoms with Crippen molar-refractivity contribution >= 4 is 23.2 Å². The van der Waals surface area contributed by atoms with Crippen LogP contribution in [0.2, 0.25) is 5.02 Å². The molecule has 132 valence electrons. The summed E-state index contributed by atoms with van der Waals surface area (Å²) in [5.41, 5.74) is 4.00. The molecule has 1 heterocycles. The lowest BCUT2D eigenvalue weighted by atomic mass is 10.1. The fourth-order valence-corrected chi connectivity index (χ4v) is 2.87. The van der Waals surface area contributed by atoms with Gasteiger partial charge < -0.3 is 10.2 Å². The Balaban J connectivity index is 1.77. The normalized spacial score (nSPS) is 10.8. The number of halogens is 1. The van der Waals surface area contributed by atoms with Crippen molar-refractivity contribution in [3.05, 3.63) is 83.0 Å². The quantitative estimate of drug-likeness (QED) is 0.711. The van der Waals surface area contributed by atoms with Gasteiger partial charge in [-0.1, -0.05) is 29.8 Å². The third-order valence-electron chi connectivity index (χ3n) is 3.88. The highest BCUT2D eigenvalue weighted by atomic mass is 35.5. The second-order valence-electron chi connectivity index (χ2n) is 6.30. The molecule has 1 aromatic heterocycles. The number of carbonyl (C=O) groups excluding carboxylic acids is 1. The monoisotopic (exact) mass is 365 g/mol. The molecule has 0 bridgehead atoms. The van der Waals surface area contributed by atoms with Crippen LogP contribution in [-0.2, 0) is 6.54 Å². The molecule has 0 aliphatic rings. The zero-order chi connectivity index (χ0) is 18.5. The van der Waals surface area contributed by atoms with E-state index in [0.717, 1.165) is 23.4 Å². The van der Waals surface area contributed by atoms with E-state index in [1.807, 2.05) is 62.6 Å². The highest BCUT2D eigenvalue weighted by Crippen LogP contribution is 2.29. The number of nitrogens with one attached hydrogen (secondary N) is 1. The molecule has 4 nitrogen and oxygen atoms in total. The number of rotatable bonds is 5. The summed E-state index contributed by atoms with van der Waals surface area (Å²) in [6.45, 7) is 0.840. The van der Waals surface area contributed by atoms with Crippen molar-refractivity contribution in [3.63, 3.8) is 0 Å². The minimum atomic E-state index is -0.157. The van der Waals surface area contributed by atoms with E-state index >= 15 is 0 Å². The summed E-state index contributed by atoms with van der Waals surface area (Å²) in [6, 6.07) is 18.6. The van der Waals surface area contributed by atoms with E-state index in [1.54, 1.807) is 18.3 Å². The van der Waals surface area contributed by atoms with Crippen LogP contribution in [0.1, 0.15) is 15.9 Å². The van der Waals surface area contributed by atoms with Crippen molar-refractivity contribution in [3.8, 4) is 11.3 Å². The first kappa shape index (κ1) is 18.1. The molecule has 0 fully saturated rings. The molecule has 0 aliphatic carbocycles. The highest BCUT2D eigenvalue weighted by Gasteiger charge is 2.10. The van der Waals surface area contributed by atoms with Gasteiger partial charge in [0.15, 0.2) is 0 Å². The maximum absolute atomic E-state index is 12.5. The Kier molecular flexibility index (Phi) is 5.66. The molecule has 0 unspecified atom stereocenters. The molecular formula is C21H20ClN3O. The SMILES string of the molecule is CN(C)Cc1ccc(C(=O)Nc2ccc(Cl)c(-c3ccccn3)c2)cc1. The molecule has 0 aliphatic heterocycles. The van der Waals surface area contributed by atoms with Gasteiger partial charge in [-0.3, -0.25) is 9.78 Å². The molecule has 2 aromatic carbocycles. The standard InChI is InChI=1S/C21H20ClN3O/c1-25(2)14-15-6-8-16(9-7-15)21(26)24-17-10-11-19(22)18(13-17)20-5-3-4-12-23-20/h3-13H,14H2,1-2H3,(H,24,26). The topological polar surface area (TPSA) is 45.2 Å². The summed E-state index contributed by atoms with van der Waals surface area (Å²) in [5, 5.41) is 3.51. The van der Waals surface area contributed by atoms with Crippen LogP contribution >= 0.6 is 11.6 Å². The van der Waals surface area contributed by atoms with Crippen molar-refractivity contribution < 1.29 is 4.79 Å². The van der Waals surface area contributed by atoms with Crippen molar-refractivity contribution in [2.45, 2.75) is 6.54 Å². The molecule has 1 N–H and O–H groups in total. The Morgan fingerprint density at radius 2 is 1.85 bits per heavy atom. The number of aromatic nitrogens is 1. The fraction of sp³-hybridized carbons (Fsp3) is 0.143. The number of hydrogen-bond acceptors (Lipinski definition) is 3. The second-order valence-corrected chi connectivity index (χ2v) is 6.71. The second kappa shape index (κ2) is 8.13. The van der Waals surface area contributed by atoms with Gasteiger partial charge >= 0.3 is 0 Å². The molecule has 5 heteroatoms. The van der Waals surface area contributed by atoms with Crippen molar-refractivity contribution in [2.75, 3.05) is 19.4 Å². The number of hydrogen-bond donors (Lipinski definition) is 1. The molecular weight excluding hydrogens is 346 g/mol. The molecule has 0 radical (unpaired) electrons. The first-order valence-electron chi connectivity index (χ1n) is 8.29. The molecule has 0 atom stereocenters. The predicted molar refractivity (Wildman–Crippen MR) is 106 cm³/mol. The van der Waals surface area contributed by atoms with Crippen molar-refractivity contribution in [1.82, 2.24) is 9.88 Å². The zero-order valence-electron chi connectivity index (χ0n) is 14.7. The Hall–Kier alpha value is -2.69. The van der Waals surface area contributed by atoms with E-state index in [2.05, 4.69) is 15.2 Å². The third kappa shape index (κ3) is 4.48. The van der Waals surface area contributed by atoms with Gasteiger partial charge in [0.1, 0.15) is 0 Å². The molecule has 3 aromatic rings. The molecule has 1 amide bonds. The van der Waals surface area contributed by atoms with Crippen LogP contribution in [0.25, 0.3) is 11.3 Å². The minimum Gasteiger partial charge on any atom is -0.322 e. The Morgan fingerprint density at radius 1 is 1.08 bits per heavy atom. The van der Waals surface area contributed by atoms with E-state index in [0.29, 0.717) is 16.3 Å².